The SMILES string of the molecule is CC(Oc1cccc(C(=O)O)c1)C(=O)OCC(F)(F)F. The van der Waals surface area contributed by atoms with Crippen molar-refractivity contribution in [1.29, 1.82) is 0 Å². The van der Waals surface area contributed by atoms with Gasteiger partial charge in [-0.1, -0.05) is 6.07 Å². The summed E-state index contributed by atoms with van der Waals surface area (Å²) in [5.41, 5.74) is -0.0710. The molecule has 0 aliphatic carbocycles. The van der Waals surface area contributed by atoms with Gasteiger partial charge in [-0.2, -0.15) is 13.2 Å². The normalized spacial score (nSPS) is 12.6. The number of esters is 1. The van der Waals surface area contributed by atoms with Crippen molar-refractivity contribution in [2.75, 3.05) is 6.61 Å². The zero-order valence-corrected chi connectivity index (χ0v) is 10.3. The largest absolute Gasteiger partial charge is 0.479 e. The molecule has 8 heteroatoms. The highest BCUT2D eigenvalue weighted by Crippen LogP contribution is 2.17. The molecular weight excluding hydrogens is 281 g/mol. The number of aromatic carboxylic acids is 1. The number of benzene rings is 1. The van der Waals surface area contributed by atoms with E-state index in [1.165, 1.54) is 25.1 Å². The van der Waals surface area contributed by atoms with Gasteiger partial charge in [0.05, 0.1) is 5.56 Å². The number of carbonyl (C=O) groups is 2. The third-order valence-corrected chi connectivity index (χ3v) is 2.10. The van der Waals surface area contributed by atoms with Gasteiger partial charge < -0.3 is 14.6 Å². The van der Waals surface area contributed by atoms with Gasteiger partial charge >= 0.3 is 18.1 Å². The molecule has 0 radical (unpaired) electrons. The minimum atomic E-state index is -4.61. The molecule has 5 nitrogen and oxygen atoms in total. The molecule has 1 unspecified atom stereocenters. The Balaban J connectivity index is 2.61. The van der Waals surface area contributed by atoms with Crippen LogP contribution in [0.1, 0.15) is 17.3 Å². The van der Waals surface area contributed by atoms with Gasteiger partial charge in [0.15, 0.2) is 12.7 Å². The average Bonchev–Trinajstić information content (AvgIpc) is 2.35. The van der Waals surface area contributed by atoms with Gasteiger partial charge in [0.25, 0.3) is 0 Å². The van der Waals surface area contributed by atoms with Crippen LogP contribution in [-0.4, -0.2) is 35.9 Å². The van der Waals surface area contributed by atoms with Crippen LogP contribution in [0.25, 0.3) is 0 Å². The van der Waals surface area contributed by atoms with Crippen molar-refractivity contribution in [2.24, 2.45) is 0 Å². The predicted octanol–water partition coefficient (Wildman–Crippen LogP) is 2.26. The van der Waals surface area contributed by atoms with Crippen molar-refractivity contribution in [3.63, 3.8) is 0 Å². The Labute approximate surface area is 111 Å². The predicted molar refractivity (Wildman–Crippen MR) is 60.5 cm³/mol. The van der Waals surface area contributed by atoms with Gasteiger partial charge in [0.2, 0.25) is 0 Å². The lowest BCUT2D eigenvalue weighted by molar-refractivity contribution is -0.190. The van der Waals surface area contributed by atoms with Gasteiger partial charge in [-0.3, -0.25) is 0 Å². The topological polar surface area (TPSA) is 72.8 Å². The molecule has 0 aliphatic heterocycles. The van der Waals surface area contributed by atoms with Gasteiger partial charge in [-0.15, -0.1) is 0 Å². The second kappa shape index (κ2) is 6.27. The molecule has 20 heavy (non-hydrogen) atoms. The molecule has 0 amide bonds. The van der Waals surface area contributed by atoms with E-state index < -0.39 is 30.8 Å². The second-order valence-corrected chi connectivity index (χ2v) is 3.82. The van der Waals surface area contributed by atoms with Crippen molar-refractivity contribution in [1.82, 2.24) is 0 Å². The van der Waals surface area contributed by atoms with E-state index in [4.69, 9.17) is 9.84 Å². The number of hydrogen-bond acceptors (Lipinski definition) is 4. The lowest BCUT2D eigenvalue weighted by Gasteiger charge is -2.15. The maximum atomic E-state index is 11.9. The molecule has 1 rings (SSSR count). The number of carboxylic acids is 1. The molecule has 1 aromatic carbocycles. The van der Waals surface area contributed by atoms with Gasteiger partial charge in [-0.05, 0) is 25.1 Å². The smallest absolute Gasteiger partial charge is 0.422 e. The molecular formula is C12H11F3O5. The van der Waals surface area contributed by atoms with Crippen LogP contribution in [0.5, 0.6) is 5.75 Å². The van der Waals surface area contributed by atoms with Crippen LogP contribution in [0, 0.1) is 0 Å². The molecule has 0 aliphatic rings. The Kier molecular flexibility index (Phi) is 4.95. The summed E-state index contributed by atoms with van der Waals surface area (Å²) in [6.07, 6.45) is -5.90. The first kappa shape index (κ1) is 15.8. The Morgan fingerprint density at radius 3 is 2.55 bits per heavy atom. The van der Waals surface area contributed by atoms with Crippen LogP contribution < -0.4 is 4.74 Å². The molecule has 0 aromatic heterocycles. The second-order valence-electron chi connectivity index (χ2n) is 3.82. The van der Waals surface area contributed by atoms with Gasteiger partial charge in [0.1, 0.15) is 5.75 Å². The van der Waals surface area contributed by atoms with Crippen molar-refractivity contribution in [3.05, 3.63) is 29.8 Å². The zero-order chi connectivity index (χ0) is 15.3. The molecule has 1 atom stereocenters. The summed E-state index contributed by atoms with van der Waals surface area (Å²) in [7, 11) is 0. The number of halogens is 3. The molecule has 0 saturated heterocycles. The van der Waals surface area contributed by atoms with E-state index in [1.807, 2.05) is 0 Å². The van der Waals surface area contributed by atoms with E-state index in [0.29, 0.717) is 0 Å². The summed E-state index contributed by atoms with van der Waals surface area (Å²) in [4.78, 5) is 22.0. The first-order valence-electron chi connectivity index (χ1n) is 5.42. The fourth-order valence-electron chi connectivity index (χ4n) is 1.22. The Hall–Kier alpha value is -2.25. The summed E-state index contributed by atoms with van der Waals surface area (Å²) in [6, 6.07) is 5.21. The average molecular weight is 292 g/mol. The molecule has 0 saturated carbocycles. The Morgan fingerprint density at radius 1 is 1.35 bits per heavy atom. The van der Waals surface area contributed by atoms with Crippen molar-refractivity contribution >= 4 is 11.9 Å². The fourth-order valence-corrected chi connectivity index (χ4v) is 1.22. The quantitative estimate of drug-likeness (QED) is 0.843. The number of alkyl halides is 3. The molecule has 1 aromatic rings. The summed E-state index contributed by atoms with van der Waals surface area (Å²) in [5.74, 6) is -2.34. The summed E-state index contributed by atoms with van der Waals surface area (Å²) < 4.78 is 44.6. The standard InChI is InChI=1S/C12H11F3O5/c1-7(11(18)19-6-12(13,14)15)20-9-4-2-3-8(5-9)10(16)17/h2-5,7H,6H2,1H3,(H,16,17). The Morgan fingerprint density at radius 2 is 2.00 bits per heavy atom. The van der Waals surface area contributed by atoms with Crippen molar-refractivity contribution in [2.45, 2.75) is 19.2 Å². The maximum Gasteiger partial charge on any atom is 0.422 e. The van der Waals surface area contributed by atoms with E-state index in [2.05, 4.69) is 4.74 Å². The molecule has 0 spiro atoms. The summed E-state index contributed by atoms with van der Waals surface area (Å²) in [6.45, 7) is -0.499. The lowest BCUT2D eigenvalue weighted by Crippen LogP contribution is -2.30. The van der Waals surface area contributed by atoms with Crippen LogP contribution in [-0.2, 0) is 9.53 Å². The first-order valence-corrected chi connectivity index (χ1v) is 5.42. The minimum absolute atomic E-state index is 0.0429. The zero-order valence-electron chi connectivity index (χ0n) is 10.3. The van der Waals surface area contributed by atoms with E-state index in [9.17, 15) is 22.8 Å². The molecule has 0 fully saturated rings. The molecule has 0 heterocycles. The summed E-state index contributed by atoms with van der Waals surface area (Å²) >= 11 is 0. The first-order chi connectivity index (χ1) is 9.19. The summed E-state index contributed by atoms with van der Waals surface area (Å²) in [5, 5.41) is 8.75. The molecule has 110 valence electrons. The minimum Gasteiger partial charge on any atom is -0.479 e. The fraction of sp³-hybridized carbons (Fsp3) is 0.333. The monoisotopic (exact) mass is 292 g/mol. The van der Waals surface area contributed by atoms with Crippen molar-refractivity contribution in [3.8, 4) is 5.75 Å². The van der Waals surface area contributed by atoms with Gasteiger partial charge in [-0.25, -0.2) is 9.59 Å². The number of carbonyl (C=O) groups excluding carboxylic acids is 1. The van der Waals surface area contributed by atoms with Crippen LogP contribution in [0.3, 0.4) is 0 Å². The highest BCUT2D eigenvalue weighted by molar-refractivity contribution is 5.88. The van der Waals surface area contributed by atoms with Crippen LogP contribution >= 0.6 is 0 Å². The molecule has 0 bridgehead atoms. The van der Waals surface area contributed by atoms with E-state index in [0.717, 1.165) is 6.07 Å². The maximum absolute atomic E-state index is 11.9. The van der Waals surface area contributed by atoms with E-state index in [1.54, 1.807) is 0 Å². The highest BCUT2D eigenvalue weighted by atomic mass is 19.4. The third kappa shape index (κ3) is 5.17. The molecule has 1 N–H and O–H groups in total. The van der Waals surface area contributed by atoms with Crippen LogP contribution in [0.15, 0.2) is 24.3 Å². The number of hydrogen-bond donors (Lipinski definition) is 1. The van der Waals surface area contributed by atoms with E-state index in [-0.39, 0.29) is 11.3 Å². The van der Waals surface area contributed by atoms with Crippen LogP contribution in [0.4, 0.5) is 13.2 Å². The van der Waals surface area contributed by atoms with E-state index >= 15 is 0 Å². The van der Waals surface area contributed by atoms with Crippen molar-refractivity contribution < 1.29 is 37.3 Å². The lowest BCUT2D eigenvalue weighted by atomic mass is 10.2. The Bertz CT molecular complexity index is 498. The highest BCUT2D eigenvalue weighted by Gasteiger charge is 2.31. The third-order valence-electron chi connectivity index (χ3n) is 2.10. The number of carboxylic acid groups (broad SMARTS) is 1. The number of rotatable bonds is 5. The van der Waals surface area contributed by atoms with Crippen LogP contribution in [0.2, 0.25) is 0 Å². The number of ether oxygens (including phenoxy) is 2. The van der Waals surface area contributed by atoms with Gasteiger partial charge in [0, 0.05) is 0 Å².